The molecule has 1 aromatic carbocycles. The van der Waals surface area contributed by atoms with Crippen LogP contribution in [0.5, 0.6) is 0 Å². The van der Waals surface area contributed by atoms with Crippen molar-refractivity contribution >= 4 is 17.0 Å². The van der Waals surface area contributed by atoms with E-state index in [1.165, 1.54) is 0 Å². The van der Waals surface area contributed by atoms with Crippen LogP contribution >= 0.6 is 0 Å². The van der Waals surface area contributed by atoms with E-state index >= 15 is 0 Å². The molecule has 0 fully saturated rings. The number of ether oxygens (including phenoxy) is 1. The lowest BCUT2D eigenvalue weighted by atomic mass is 10.1. The van der Waals surface area contributed by atoms with Crippen molar-refractivity contribution in [1.29, 1.82) is 0 Å². The second-order valence-electron chi connectivity index (χ2n) is 3.37. The van der Waals surface area contributed by atoms with Crippen molar-refractivity contribution in [2.75, 3.05) is 0 Å². The summed E-state index contributed by atoms with van der Waals surface area (Å²) in [6.45, 7) is 1.79. The average molecular weight is 204 g/mol. The molecule has 0 spiro atoms. The van der Waals surface area contributed by atoms with E-state index in [2.05, 4.69) is 4.98 Å². The summed E-state index contributed by atoms with van der Waals surface area (Å²) in [4.78, 5) is 13.7. The van der Waals surface area contributed by atoms with Gasteiger partial charge in [0.25, 0.3) is 0 Å². The second kappa shape index (κ2) is 3.65. The van der Waals surface area contributed by atoms with Gasteiger partial charge in [0, 0.05) is 22.7 Å². The van der Waals surface area contributed by atoms with Crippen LogP contribution in [0, 0.1) is 0 Å². The summed E-state index contributed by atoms with van der Waals surface area (Å²) >= 11 is 0. The summed E-state index contributed by atoms with van der Waals surface area (Å²) in [5.74, 6) is 0. The first-order valence-corrected chi connectivity index (χ1v) is 4.70. The largest absolute Gasteiger partial charge is 0.442 e. The van der Waals surface area contributed by atoms with Crippen molar-refractivity contribution in [1.82, 2.24) is 4.98 Å². The van der Waals surface area contributed by atoms with Gasteiger partial charge in [0.05, 0.1) is 0 Å². The lowest BCUT2D eigenvalue weighted by molar-refractivity contribution is 0.117. The molecule has 15 heavy (non-hydrogen) atoms. The van der Waals surface area contributed by atoms with Crippen LogP contribution in [0.25, 0.3) is 10.9 Å². The SMILES string of the molecule is CC(OC(N)=O)c1c[nH]c2ccccc12. The van der Waals surface area contributed by atoms with Gasteiger partial charge in [-0.2, -0.15) is 0 Å². The number of primary amides is 1. The van der Waals surface area contributed by atoms with Crippen LogP contribution in [0.1, 0.15) is 18.6 Å². The molecule has 0 radical (unpaired) electrons. The van der Waals surface area contributed by atoms with Crippen molar-refractivity contribution in [3.05, 3.63) is 36.0 Å². The van der Waals surface area contributed by atoms with Gasteiger partial charge in [-0.1, -0.05) is 18.2 Å². The number of carbonyl (C=O) groups excluding carboxylic acids is 1. The minimum Gasteiger partial charge on any atom is -0.442 e. The van der Waals surface area contributed by atoms with Gasteiger partial charge in [-0.25, -0.2) is 4.79 Å². The Hall–Kier alpha value is -1.97. The quantitative estimate of drug-likeness (QED) is 0.788. The van der Waals surface area contributed by atoms with E-state index in [4.69, 9.17) is 10.5 Å². The van der Waals surface area contributed by atoms with Gasteiger partial charge in [0.1, 0.15) is 6.10 Å². The van der Waals surface area contributed by atoms with E-state index in [9.17, 15) is 4.79 Å². The zero-order chi connectivity index (χ0) is 10.8. The molecule has 4 heteroatoms. The normalized spacial score (nSPS) is 12.6. The Bertz CT molecular complexity index is 490. The Balaban J connectivity index is 2.39. The molecule has 1 atom stereocenters. The maximum absolute atomic E-state index is 10.6. The van der Waals surface area contributed by atoms with Crippen LogP contribution in [-0.4, -0.2) is 11.1 Å². The maximum atomic E-state index is 10.6. The van der Waals surface area contributed by atoms with Gasteiger partial charge >= 0.3 is 6.09 Å². The van der Waals surface area contributed by atoms with E-state index in [1.54, 1.807) is 6.92 Å². The van der Waals surface area contributed by atoms with E-state index in [0.29, 0.717) is 0 Å². The molecule has 0 bridgehead atoms. The van der Waals surface area contributed by atoms with Crippen molar-refractivity contribution in [3.63, 3.8) is 0 Å². The molecule has 2 aromatic rings. The Kier molecular flexibility index (Phi) is 2.33. The zero-order valence-corrected chi connectivity index (χ0v) is 8.36. The Morgan fingerprint density at radius 1 is 1.47 bits per heavy atom. The fraction of sp³-hybridized carbons (Fsp3) is 0.182. The molecule has 1 heterocycles. The summed E-state index contributed by atoms with van der Waals surface area (Å²) < 4.78 is 4.92. The molecule has 2 rings (SSSR count). The third kappa shape index (κ3) is 1.79. The number of aromatic amines is 1. The molecule has 1 aromatic heterocycles. The number of nitrogens with one attached hydrogen (secondary N) is 1. The number of rotatable bonds is 2. The summed E-state index contributed by atoms with van der Waals surface area (Å²) in [5, 5.41) is 1.05. The molecular weight excluding hydrogens is 192 g/mol. The fourth-order valence-corrected chi connectivity index (χ4v) is 1.67. The lowest BCUT2D eigenvalue weighted by Crippen LogP contribution is -2.15. The molecule has 0 saturated heterocycles. The summed E-state index contributed by atoms with van der Waals surface area (Å²) in [5.41, 5.74) is 6.93. The highest BCUT2D eigenvalue weighted by atomic mass is 16.6. The molecular formula is C11H12N2O2. The highest BCUT2D eigenvalue weighted by molar-refractivity contribution is 5.83. The van der Waals surface area contributed by atoms with Crippen LogP contribution in [0.4, 0.5) is 4.79 Å². The first-order valence-electron chi connectivity index (χ1n) is 4.70. The predicted molar refractivity (Wildman–Crippen MR) is 57.4 cm³/mol. The number of nitrogens with two attached hydrogens (primary N) is 1. The molecule has 0 aliphatic heterocycles. The molecule has 0 aliphatic rings. The standard InChI is InChI=1S/C11H12N2O2/c1-7(15-11(12)14)9-6-13-10-5-3-2-4-8(9)10/h2-7,13H,1H3,(H2,12,14). The number of amides is 1. The number of carbonyl (C=O) groups is 1. The molecule has 0 aliphatic carbocycles. The molecule has 78 valence electrons. The average Bonchev–Trinajstić information content (AvgIpc) is 2.59. The van der Waals surface area contributed by atoms with Crippen LogP contribution in [0.3, 0.4) is 0 Å². The van der Waals surface area contributed by atoms with Crippen LogP contribution in [-0.2, 0) is 4.74 Å². The van der Waals surface area contributed by atoms with Gasteiger partial charge in [-0.05, 0) is 13.0 Å². The highest BCUT2D eigenvalue weighted by Crippen LogP contribution is 2.25. The zero-order valence-electron chi connectivity index (χ0n) is 8.36. The number of hydrogen-bond donors (Lipinski definition) is 2. The Morgan fingerprint density at radius 2 is 2.20 bits per heavy atom. The third-order valence-corrected chi connectivity index (χ3v) is 2.35. The van der Waals surface area contributed by atoms with Crippen molar-refractivity contribution in [3.8, 4) is 0 Å². The van der Waals surface area contributed by atoms with Gasteiger partial charge in [-0.3, -0.25) is 0 Å². The number of aromatic nitrogens is 1. The van der Waals surface area contributed by atoms with Crippen LogP contribution in [0.15, 0.2) is 30.5 Å². The molecule has 1 amide bonds. The minimum absolute atomic E-state index is 0.335. The van der Waals surface area contributed by atoms with Crippen molar-refractivity contribution in [2.45, 2.75) is 13.0 Å². The summed E-state index contributed by atoms with van der Waals surface area (Å²) in [6.07, 6.45) is 0.740. The van der Waals surface area contributed by atoms with Crippen LogP contribution < -0.4 is 5.73 Å². The second-order valence-corrected chi connectivity index (χ2v) is 3.37. The lowest BCUT2D eigenvalue weighted by Gasteiger charge is -2.09. The van der Waals surface area contributed by atoms with E-state index < -0.39 is 6.09 Å². The first-order chi connectivity index (χ1) is 7.18. The van der Waals surface area contributed by atoms with E-state index in [-0.39, 0.29) is 6.10 Å². The highest BCUT2D eigenvalue weighted by Gasteiger charge is 2.13. The van der Waals surface area contributed by atoms with Gasteiger partial charge in [0.15, 0.2) is 0 Å². The van der Waals surface area contributed by atoms with Crippen LogP contribution in [0.2, 0.25) is 0 Å². The maximum Gasteiger partial charge on any atom is 0.405 e. The van der Waals surface area contributed by atoms with E-state index in [1.807, 2.05) is 30.5 Å². The van der Waals surface area contributed by atoms with Gasteiger partial charge < -0.3 is 15.5 Å². The number of benzene rings is 1. The predicted octanol–water partition coefficient (Wildman–Crippen LogP) is 2.32. The van der Waals surface area contributed by atoms with Crippen molar-refractivity contribution in [2.24, 2.45) is 5.73 Å². The smallest absolute Gasteiger partial charge is 0.405 e. The molecule has 3 N–H and O–H groups in total. The van der Waals surface area contributed by atoms with E-state index in [0.717, 1.165) is 16.5 Å². The number of fused-ring (bicyclic) bond motifs is 1. The van der Waals surface area contributed by atoms with Crippen molar-refractivity contribution < 1.29 is 9.53 Å². The number of H-pyrrole nitrogens is 1. The summed E-state index contributed by atoms with van der Waals surface area (Å²) in [6, 6.07) is 7.83. The fourth-order valence-electron chi connectivity index (χ4n) is 1.67. The van der Waals surface area contributed by atoms with Gasteiger partial charge in [0.2, 0.25) is 0 Å². The summed E-state index contributed by atoms with van der Waals surface area (Å²) in [7, 11) is 0. The topological polar surface area (TPSA) is 68.1 Å². The monoisotopic (exact) mass is 204 g/mol. The number of hydrogen-bond acceptors (Lipinski definition) is 2. The first kappa shape index (κ1) is 9.58. The molecule has 1 unspecified atom stereocenters. The Labute approximate surface area is 87.0 Å². The Morgan fingerprint density at radius 3 is 2.93 bits per heavy atom. The third-order valence-electron chi connectivity index (χ3n) is 2.35. The molecule has 4 nitrogen and oxygen atoms in total. The molecule has 0 saturated carbocycles. The minimum atomic E-state index is -0.757. The van der Waals surface area contributed by atoms with Gasteiger partial charge in [-0.15, -0.1) is 0 Å². The number of para-hydroxylation sites is 1.